The van der Waals surface area contributed by atoms with E-state index in [2.05, 4.69) is 13.8 Å². The van der Waals surface area contributed by atoms with Crippen LogP contribution in [0.3, 0.4) is 0 Å². The first-order valence-electron chi connectivity index (χ1n) is 4.41. The zero-order chi connectivity index (χ0) is 9.84. The normalized spacial score (nSPS) is 12.9. The Labute approximate surface area is 84.4 Å². The fraction of sp³-hybridized carbons (Fsp3) is 0.364. The third-order valence-corrected chi connectivity index (χ3v) is 2.47. The van der Waals surface area contributed by atoms with E-state index in [9.17, 15) is 0 Å². The van der Waals surface area contributed by atoms with Gasteiger partial charge in [0, 0.05) is 17.5 Å². The largest absolute Gasteiger partial charge is 0.396 e. The number of aliphatic hydroxyl groups excluding tert-OH is 1. The van der Waals surface area contributed by atoms with Gasteiger partial charge in [0.2, 0.25) is 0 Å². The summed E-state index contributed by atoms with van der Waals surface area (Å²) in [7, 11) is 0. The van der Waals surface area contributed by atoms with E-state index in [4.69, 9.17) is 16.7 Å². The molecule has 1 nitrogen and oxygen atoms in total. The van der Waals surface area contributed by atoms with E-state index in [0.29, 0.717) is 5.02 Å². The van der Waals surface area contributed by atoms with Crippen LogP contribution in [0.25, 0.3) is 0 Å². The third-order valence-electron chi connectivity index (χ3n) is 2.13. The summed E-state index contributed by atoms with van der Waals surface area (Å²) in [5.41, 5.74) is 2.16. The maximum Gasteiger partial charge on any atom is 0.0500 e. The van der Waals surface area contributed by atoms with Crippen LogP contribution in [-0.4, -0.2) is 11.7 Å². The van der Waals surface area contributed by atoms with E-state index in [1.807, 2.05) is 18.2 Å². The Morgan fingerprint density at radius 1 is 1.54 bits per heavy atom. The second-order valence-corrected chi connectivity index (χ2v) is 3.50. The van der Waals surface area contributed by atoms with Crippen molar-refractivity contribution >= 4 is 11.6 Å². The van der Waals surface area contributed by atoms with Crippen molar-refractivity contribution in [3.8, 4) is 0 Å². The van der Waals surface area contributed by atoms with Gasteiger partial charge in [-0.1, -0.05) is 30.7 Å². The van der Waals surface area contributed by atoms with Crippen molar-refractivity contribution in [2.75, 3.05) is 6.61 Å². The van der Waals surface area contributed by atoms with Gasteiger partial charge in [0.15, 0.2) is 0 Å². The first kappa shape index (κ1) is 10.6. The summed E-state index contributed by atoms with van der Waals surface area (Å²) >= 11 is 5.98. The van der Waals surface area contributed by atoms with Gasteiger partial charge in [-0.2, -0.15) is 0 Å². The molecule has 0 aliphatic heterocycles. The highest BCUT2D eigenvalue weighted by Crippen LogP contribution is 2.25. The van der Waals surface area contributed by atoms with Crippen molar-refractivity contribution in [2.24, 2.45) is 0 Å². The Morgan fingerprint density at radius 2 is 2.23 bits per heavy atom. The predicted octanol–water partition coefficient (Wildman–Crippen LogP) is 2.81. The molecule has 1 atom stereocenters. The minimum atomic E-state index is -0.126. The van der Waals surface area contributed by atoms with E-state index < -0.39 is 0 Å². The summed E-state index contributed by atoms with van der Waals surface area (Å²) in [6.07, 6.45) is 0.975. The van der Waals surface area contributed by atoms with Gasteiger partial charge in [0.1, 0.15) is 0 Å². The fourth-order valence-electron chi connectivity index (χ4n) is 1.22. The van der Waals surface area contributed by atoms with Gasteiger partial charge >= 0.3 is 0 Å². The van der Waals surface area contributed by atoms with Gasteiger partial charge in [-0.3, -0.25) is 0 Å². The molecule has 1 aromatic carbocycles. The van der Waals surface area contributed by atoms with Crippen molar-refractivity contribution < 1.29 is 5.11 Å². The van der Waals surface area contributed by atoms with Crippen LogP contribution in [0.5, 0.6) is 0 Å². The van der Waals surface area contributed by atoms with Gasteiger partial charge in [-0.15, -0.1) is 0 Å². The van der Waals surface area contributed by atoms with E-state index in [1.165, 1.54) is 5.56 Å². The summed E-state index contributed by atoms with van der Waals surface area (Å²) < 4.78 is 0. The number of hydrogen-bond donors (Lipinski definition) is 1. The van der Waals surface area contributed by atoms with Crippen LogP contribution in [0, 0.1) is 6.92 Å². The lowest BCUT2D eigenvalue weighted by molar-refractivity contribution is 0.282. The maximum atomic E-state index is 8.96. The van der Waals surface area contributed by atoms with E-state index >= 15 is 0 Å². The SMILES string of the molecule is [CH2]C(CO)c1cc(CC)ccc1Cl. The van der Waals surface area contributed by atoms with Crippen molar-refractivity contribution in [1.82, 2.24) is 0 Å². The van der Waals surface area contributed by atoms with Crippen LogP contribution >= 0.6 is 11.6 Å². The molecule has 0 saturated carbocycles. The lowest BCUT2D eigenvalue weighted by Gasteiger charge is -2.11. The number of rotatable bonds is 3. The molecule has 2 heteroatoms. The third kappa shape index (κ3) is 2.45. The molecule has 0 aliphatic rings. The van der Waals surface area contributed by atoms with Crippen molar-refractivity contribution in [2.45, 2.75) is 19.3 Å². The Hall–Kier alpha value is -0.530. The number of benzene rings is 1. The molecular formula is C11H14ClO. The van der Waals surface area contributed by atoms with Crippen LogP contribution in [0.15, 0.2) is 18.2 Å². The van der Waals surface area contributed by atoms with Crippen LogP contribution in [0.1, 0.15) is 24.0 Å². The zero-order valence-electron chi connectivity index (χ0n) is 7.76. The molecule has 1 aromatic rings. The van der Waals surface area contributed by atoms with Crippen molar-refractivity contribution in [1.29, 1.82) is 0 Å². The standard InChI is InChI=1S/C11H14ClO/c1-3-9-4-5-11(12)10(6-9)8(2)7-13/h4-6,8,13H,2-3,7H2,1H3. The highest BCUT2D eigenvalue weighted by atomic mass is 35.5. The topological polar surface area (TPSA) is 20.2 Å². The molecule has 1 rings (SSSR count). The van der Waals surface area contributed by atoms with Crippen molar-refractivity contribution in [3.05, 3.63) is 41.3 Å². The summed E-state index contributed by atoms with van der Waals surface area (Å²) in [4.78, 5) is 0. The van der Waals surface area contributed by atoms with Gasteiger partial charge in [0.25, 0.3) is 0 Å². The van der Waals surface area contributed by atoms with E-state index in [1.54, 1.807) is 0 Å². The lowest BCUT2D eigenvalue weighted by atomic mass is 9.99. The van der Waals surface area contributed by atoms with Crippen LogP contribution < -0.4 is 0 Å². The first-order chi connectivity index (χ1) is 6.19. The molecule has 0 amide bonds. The Bertz CT molecular complexity index is 283. The highest BCUT2D eigenvalue weighted by Gasteiger charge is 2.08. The van der Waals surface area contributed by atoms with Gasteiger partial charge in [0.05, 0.1) is 0 Å². The second kappa shape index (κ2) is 4.64. The zero-order valence-corrected chi connectivity index (χ0v) is 8.51. The predicted molar refractivity (Wildman–Crippen MR) is 56.0 cm³/mol. The minimum Gasteiger partial charge on any atom is -0.396 e. The van der Waals surface area contributed by atoms with Crippen LogP contribution in [0.4, 0.5) is 0 Å². The number of halogens is 1. The van der Waals surface area contributed by atoms with Crippen LogP contribution in [-0.2, 0) is 6.42 Å². The number of hydrogen-bond acceptors (Lipinski definition) is 1. The molecule has 0 saturated heterocycles. The molecular weight excluding hydrogens is 184 g/mol. The molecule has 0 spiro atoms. The van der Waals surface area contributed by atoms with E-state index in [0.717, 1.165) is 12.0 Å². The second-order valence-electron chi connectivity index (χ2n) is 3.09. The van der Waals surface area contributed by atoms with Gasteiger partial charge < -0.3 is 5.11 Å². The van der Waals surface area contributed by atoms with E-state index in [-0.39, 0.29) is 12.5 Å². The molecule has 71 valence electrons. The average molecular weight is 198 g/mol. The quantitative estimate of drug-likeness (QED) is 0.790. The Balaban J connectivity index is 3.03. The summed E-state index contributed by atoms with van der Waals surface area (Å²) in [5.74, 6) is -0.126. The molecule has 0 aromatic heterocycles. The van der Waals surface area contributed by atoms with Crippen molar-refractivity contribution in [3.63, 3.8) is 0 Å². The lowest BCUT2D eigenvalue weighted by Crippen LogP contribution is -2.00. The Kier molecular flexibility index (Phi) is 3.76. The maximum absolute atomic E-state index is 8.96. The summed E-state index contributed by atoms with van der Waals surface area (Å²) in [5, 5.41) is 9.64. The smallest absolute Gasteiger partial charge is 0.0500 e. The van der Waals surface area contributed by atoms with Gasteiger partial charge in [-0.25, -0.2) is 0 Å². The molecule has 0 aliphatic carbocycles. The first-order valence-corrected chi connectivity index (χ1v) is 4.79. The molecule has 0 heterocycles. The highest BCUT2D eigenvalue weighted by molar-refractivity contribution is 6.31. The van der Waals surface area contributed by atoms with Crippen LogP contribution in [0.2, 0.25) is 5.02 Å². The molecule has 1 N–H and O–H groups in total. The Morgan fingerprint density at radius 3 is 2.77 bits per heavy atom. The number of aryl methyl sites for hydroxylation is 1. The molecule has 1 unspecified atom stereocenters. The molecule has 0 bridgehead atoms. The average Bonchev–Trinajstić information content (AvgIpc) is 2.17. The summed E-state index contributed by atoms with van der Waals surface area (Å²) in [6.45, 7) is 5.95. The fourth-order valence-corrected chi connectivity index (χ4v) is 1.50. The van der Waals surface area contributed by atoms with Gasteiger partial charge in [-0.05, 0) is 30.5 Å². The number of aliphatic hydroxyl groups is 1. The molecule has 1 radical (unpaired) electrons. The molecule has 0 fully saturated rings. The monoisotopic (exact) mass is 197 g/mol. The summed E-state index contributed by atoms with van der Waals surface area (Å²) in [6, 6.07) is 5.87. The minimum absolute atomic E-state index is 0.0346. The molecule has 13 heavy (non-hydrogen) atoms.